The molecule has 0 radical (unpaired) electrons. The van der Waals surface area contributed by atoms with Crippen molar-refractivity contribution in [3.8, 4) is 0 Å². The van der Waals surface area contributed by atoms with Crippen molar-refractivity contribution in [3.63, 3.8) is 0 Å². The predicted octanol–water partition coefficient (Wildman–Crippen LogP) is 2.13. The lowest BCUT2D eigenvalue weighted by Gasteiger charge is -2.17. The molecule has 1 aromatic rings. The zero-order chi connectivity index (χ0) is 9.90. The SMILES string of the molecule is CC(C)(C)CCn1cc(C=O)cn1. The first-order valence-corrected chi connectivity index (χ1v) is 4.49. The average molecular weight is 180 g/mol. The van der Waals surface area contributed by atoms with Crippen LogP contribution in [0.3, 0.4) is 0 Å². The third-order valence-electron chi connectivity index (χ3n) is 1.88. The van der Waals surface area contributed by atoms with Crippen LogP contribution in [0.25, 0.3) is 0 Å². The monoisotopic (exact) mass is 180 g/mol. The van der Waals surface area contributed by atoms with Crippen LogP contribution in [0.4, 0.5) is 0 Å². The maximum Gasteiger partial charge on any atom is 0.153 e. The molecular weight excluding hydrogens is 164 g/mol. The Morgan fingerprint density at radius 2 is 2.23 bits per heavy atom. The van der Waals surface area contributed by atoms with Gasteiger partial charge in [0.2, 0.25) is 0 Å². The largest absolute Gasteiger partial charge is 0.298 e. The summed E-state index contributed by atoms with van der Waals surface area (Å²) in [5, 5.41) is 4.08. The van der Waals surface area contributed by atoms with Gasteiger partial charge in [-0.15, -0.1) is 0 Å². The number of aryl methyl sites for hydroxylation is 1. The summed E-state index contributed by atoms with van der Waals surface area (Å²) in [7, 11) is 0. The molecule has 0 aromatic carbocycles. The summed E-state index contributed by atoms with van der Waals surface area (Å²) in [6.45, 7) is 7.45. The molecule has 1 aromatic heterocycles. The number of nitrogens with zero attached hydrogens (tertiary/aromatic N) is 2. The van der Waals surface area contributed by atoms with E-state index in [0.717, 1.165) is 19.3 Å². The Bertz CT molecular complexity index is 283. The molecule has 0 spiro atoms. The van der Waals surface area contributed by atoms with Crippen molar-refractivity contribution in [2.24, 2.45) is 5.41 Å². The lowest BCUT2D eigenvalue weighted by atomic mass is 9.92. The topological polar surface area (TPSA) is 34.9 Å². The number of aldehydes is 1. The predicted molar refractivity (Wildman–Crippen MR) is 51.7 cm³/mol. The molecule has 13 heavy (non-hydrogen) atoms. The maximum atomic E-state index is 10.4. The molecule has 0 aliphatic carbocycles. The number of hydrogen-bond donors (Lipinski definition) is 0. The zero-order valence-corrected chi connectivity index (χ0v) is 8.45. The van der Waals surface area contributed by atoms with Crippen LogP contribution in [0, 0.1) is 5.41 Å². The van der Waals surface area contributed by atoms with Gasteiger partial charge in [0.1, 0.15) is 0 Å². The van der Waals surface area contributed by atoms with Gasteiger partial charge >= 0.3 is 0 Å². The summed E-state index contributed by atoms with van der Waals surface area (Å²) in [6, 6.07) is 0. The Morgan fingerprint density at radius 3 is 2.69 bits per heavy atom. The van der Waals surface area contributed by atoms with Crippen LogP contribution < -0.4 is 0 Å². The molecule has 3 heteroatoms. The number of carbonyl (C=O) groups is 1. The van der Waals surface area contributed by atoms with E-state index in [9.17, 15) is 4.79 Å². The Hall–Kier alpha value is -1.12. The molecule has 0 atom stereocenters. The first-order chi connectivity index (χ1) is 6.01. The van der Waals surface area contributed by atoms with Gasteiger partial charge in [0.25, 0.3) is 0 Å². The van der Waals surface area contributed by atoms with Crippen molar-refractivity contribution in [3.05, 3.63) is 18.0 Å². The molecule has 0 fully saturated rings. The normalized spacial score (nSPS) is 11.6. The minimum Gasteiger partial charge on any atom is -0.298 e. The summed E-state index contributed by atoms with van der Waals surface area (Å²) < 4.78 is 1.81. The third-order valence-corrected chi connectivity index (χ3v) is 1.88. The second-order valence-electron chi connectivity index (χ2n) is 4.47. The first kappa shape index (κ1) is 9.96. The van der Waals surface area contributed by atoms with Gasteiger partial charge in [0.15, 0.2) is 6.29 Å². The fourth-order valence-corrected chi connectivity index (χ4v) is 1.01. The second-order valence-corrected chi connectivity index (χ2v) is 4.47. The van der Waals surface area contributed by atoms with Crippen LogP contribution in [0.5, 0.6) is 0 Å². The Morgan fingerprint density at radius 1 is 1.54 bits per heavy atom. The van der Waals surface area contributed by atoms with Crippen molar-refractivity contribution in [2.75, 3.05) is 0 Å². The molecule has 0 saturated carbocycles. The van der Waals surface area contributed by atoms with Crippen LogP contribution >= 0.6 is 0 Å². The standard InChI is InChI=1S/C10H16N2O/c1-10(2,3)4-5-12-7-9(8-13)6-11-12/h6-8H,4-5H2,1-3H3. The van der Waals surface area contributed by atoms with Crippen LogP contribution in [0.2, 0.25) is 0 Å². The summed E-state index contributed by atoms with van der Waals surface area (Å²) in [4.78, 5) is 10.4. The van der Waals surface area contributed by atoms with Crippen molar-refractivity contribution in [2.45, 2.75) is 33.7 Å². The van der Waals surface area contributed by atoms with Gasteiger partial charge in [-0.25, -0.2) is 0 Å². The van der Waals surface area contributed by atoms with Gasteiger partial charge < -0.3 is 0 Å². The molecular formula is C10H16N2O. The van der Waals surface area contributed by atoms with E-state index in [1.54, 1.807) is 12.4 Å². The molecule has 0 aliphatic heterocycles. The van der Waals surface area contributed by atoms with Crippen molar-refractivity contribution < 1.29 is 4.79 Å². The fourth-order valence-electron chi connectivity index (χ4n) is 1.01. The molecule has 72 valence electrons. The van der Waals surface area contributed by atoms with E-state index < -0.39 is 0 Å². The summed E-state index contributed by atoms with van der Waals surface area (Å²) in [5.74, 6) is 0. The zero-order valence-electron chi connectivity index (χ0n) is 8.45. The highest BCUT2D eigenvalue weighted by Gasteiger charge is 2.10. The van der Waals surface area contributed by atoms with E-state index in [1.807, 2.05) is 4.68 Å². The number of aromatic nitrogens is 2. The molecule has 0 amide bonds. The van der Waals surface area contributed by atoms with Gasteiger partial charge in [0.05, 0.1) is 11.8 Å². The summed E-state index contributed by atoms with van der Waals surface area (Å²) in [5.41, 5.74) is 0.960. The van der Waals surface area contributed by atoms with E-state index in [-0.39, 0.29) is 0 Å². The number of hydrogen-bond acceptors (Lipinski definition) is 2. The molecule has 0 bridgehead atoms. The lowest BCUT2D eigenvalue weighted by Crippen LogP contribution is -2.10. The quantitative estimate of drug-likeness (QED) is 0.668. The van der Waals surface area contributed by atoms with Crippen molar-refractivity contribution in [1.29, 1.82) is 0 Å². The van der Waals surface area contributed by atoms with Crippen LogP contribution in [-0.4, -0.2) is 16.1 Å². The highest BCUT2D eigenvalue weighted by molar-refractivity contribution is 5.73. The van der Waals surface area contributed by atoms with Gasteiger partial charge in [-0.05, 0) is 11.8 Å². The van der Waals surface area contributed by atoms with Crippen LogP contribution in [-0.2, 0) is 6.54 Å². The van der Waals surface area contributed by atoms with Gasteiger partial charge in [-0.3, -0.25) is 9.48 Å². The molecule has 0 N–H and O–H groups in total. The molecule has 1 heterocycles. The fraction of sp³-hybridized carbons (Fsp3) is 0.600. The average Bonchev–Trinajstić information content (AvgIpc) is 2.47. The smallest absolute Gasteiger partial charge is 0.153 e. The first-order valence-electron chi connectivity index (χ1n) is 4.49. The van der Waals surface area contributed by atoms with E-state index in [4.69, 9.17) is 0 Å². The Labute approximate surface area is 78.8 Å². The van der Waals surface area contributed by atoms with E-state index in [0.29, 0.717) is 11.0 Å². The minimum atomic E-state index is 0.313. The van der Waals surface area contributed by atoms with Crippen LogP contribution in [0.15, 0.2) is 12.4 Å². The molecule has 1 rings (SSSR count). The van der Waals surface area contributed by atoms with Gasteiger partial charge in [0, 0.05) is 12.7 Å². The van der Waals surface area contributed by atoms with Crippen molar-refractivity contribution in [1.82, 2.24) is 9.78 Å². The van der Waals surface area contributed by atoms with Crippen molar-refractivity contribution >= 4 is 6.29 Å². The summed E-state index contributed by atoms with van der Waals surface area (Å²) in [6.07, 6.45) is 5.25. The second kappa shape index (κ2) is 3.73. The minimum absolute atomic E-state index is 0.313. The maximum absolute atomic E-state index is 10.4. The number of rotatable bonds is 3. The highest BCUT2D eigenvalue weighted by Crippen LogP contribution is 2.18. The van der Waals surface area contributed by atoms with E-state index in [2.05, 4.69) is 25.9 Å². The van der Waals surface area contributed by atoms with E-state index >= 15 is 0 Å². The Kier molecular flexibility index (Phi) is 2.86. The lowest BCUT2D eigenvalue weighted by molar-refractivity contribution is 0.112. The number of carbonyl (C=O) groups excluding carboxylic acids is 1. The molecule has 0 saturated heterocycles. The van der Waals surface area contributed by atoms with Crippen LogP contribution in [0.1, 0.15) is 37.6 Å². The molecule has 3 nitrogen and oxygen atoms in total. The Balaban J connectivity index is 2.50. The molecule has 0 aliphatic rings. The molecule has 0 unspecified atom stereocenters. The van der Waals surface area contributed by atoms with Gasteiger partial charge in [-0.1, -0.05) is 20.8 Å². The highest BCUT2D eigenvalue weighted by atomic mass is 16.1. The van der Waals surface area contributed by atoms with E-state index in [1.165, 1.54) is 0 Å². The van der Waals surface area contributed by atoms with Gasteiger partial charge in [-0.2, -0.15) is 5.10 Å². The third kappa shape index (κ3) is 3.40. The summed E-state index contributed by atoms with van der Waals surface area (Å²) >= 11 is 0.